The number of rotatable bonds is 1. The molecule has 16 heavy (non-hydrogen) atoms. The van der Waals surface area contributed by atoms with Crippen LogP contribution in [-0.4, -0.2) is 23.7 Å². The molecule has 0 fully saturated rings. The Bertz CT molecular complexity index is 615. The number of aromatic nitrogens is 3. The highest BCUT2D eigenvalue weighted by Crippen LogP contribution is 2.49. The molecule has 9 heteroatoms. The molecule has 0 aromatic carbocycles. The van der Waals surface area contributed by atoms with Crippen LogP contribution in [0, 0.1) is 0 Å². The second-order valence-electron chi connectivity index (χ2n) is 3.48. The normalized spacial score (nSPS) is 19.8. The summed E-state index contributed by atoms with van der Waals surface area (Å²) in [6.07, 6.45) is 2.69. The minimum atomic E-state index is -4.50. The van der Waals surface area contributed by atoms with Crippen LogP contribution in [0.1, 0.15) is 5.78 Å². The molecule has 1 unspecified atom stereocenters. The van der Waals surface area contributed by atoms with Crippen molar-refractivity contribution in [3.63, 3.8) is 0 Å². The monoisotopic (exact) mass is 247 g/mol. The predicted octanol–water partition coefficient (Wildman–Crippen LogP) is -1.41. The quantitative estimate of drug-likeness (QED) is 0.468. The van der Waals surface area contributed by atoms with Gasteiger partial charge < -0.3 is 9.79 Å². The molecule has 0 aliphatic carbocycles. The van der Waals surface area contributed by atoms with Gasteiger partial charge >= 0.3 is 19.0 Å². The average molecular weight is 247 g/mol. The lowest BCUT2D eigenvalue weighted by atomic mass is 10.4. The van der Waals surface area contributed by atoms with Gasteiger partial charge in [0.2, 0.25) is 0 Å². The summed E-state index contributed by atoms with van der Waals surface area (Å²) >= 11 is 0. The third kappa shape index (κ3) is 1.42. The van der Waals surface area contributed by atoms with Crippen molar-refractivity contribution in [2.45, 2.75) is 12.3 Å². The summed E-state index contributed by atoms with van der Waals surface area (Å²) in [7, 11) is -3.24. The Labute approximate surface area is 89.2 Å². The maximum atomic E-state index is 11.6. The van der Waals surface area contributed by atoms with E-state index in [2.05, 4.69) is 0 Å². The van der Waals surface area contributed by atoms with E-state index in [0.717, 1.165) is 13.9 Å². The van der Waals surface area contributed by atoms with Gasteiger partial charge in [0, 0.05) is 7.05 Å². The van der Waals surface area contributed by atoms with Crippen molar-refractivity contribution < 1.29 is 14.4 Å². The summed E-state index contributed by atoms with van der Waals surface area (Å²) in [6.45, 7) is 0.130. The second-order valence-corrected chi connectivity index (χ2v) is 5.19. The summed E-state index contributed by atoms with van der Waals surface area (Å²) in [5.41, 5.74) is -1.32. The fourth-order valence-electron chi connectivity index (χ4n) is 1.64. The Kier molecular flexibility index (Phi) is 2.30. The topological polar surface area (TPSA) is 106 Å². The highest BCUT2D eigenvalue weighted by Gasteiger charge is 2.34. The maximum absolute atomic E-state index is 11.6. The van der Waals surface area contributed by atoms with Crippen LogP contribution in [0.15, 0.2) is 21.7 Å². The second kappa shape index (κ2) is 3.31. The van der Waals surface area contributed by atoms with Crippen LogP contribution in [0.4, 0.5) is 0 Å². The summed E-state index contributed by atoms with van der Waals surface area (Å²) in [5, 5.41) is 0. The molecular formula is C7H10N3O5P. The molecule has 1 aliphatic rings. The maximum Gasteiger partial charge on any atom is 0.353 e. The van der Waals surface area contributed by atoms with Crippen molar-refractivity contribution in [3.8, 4) is 0 Å². The van der Waals surface area contributed by atoms with Gasteiger partial charge in [-0.1, -0.05) is 12.2 Å². The van der Waals surface area contributed by atoms with Crippen molar-refractivity contribution in [3.05, 3.63) is 33.1 Å². The molecule has 2 rings (SSSR count). The van der Waals surface area contributed by atoms with E-state index in [1.807, 2.05) is 0 Å². The number of allylic oxidation sites excluding steroid dienone is 2. The third-order valence-corrected chi connectivity index (χ3v) is 3.51. The van der Waals surface area contributed by atoms with Crippen LogP contribution < -0.4 is 11.4 Å². The first kappa shape index (κ1) is 11.1. The van der Waals surface area contributed by atoms with Crippen LogP contribution >= 0.6 is 7.60 Å². The van der Waals surface area contributed by atoms with Gasteiger partial charge in [-0.3, -0.25) is 4.57 Å². The fraction of sp³-hybridized carbons (Fsp3) is 0.429. The van der Waals surface area contributed by atoms with Gasteiger partial charge in [-0.15, -0.1) is 0 Å². The Morgan fingerprint density at radius 3 is 2.56 bits per heavy atom. The number of nitrogens with zero attached hydrogens (tertiary/aromatic N) is 3. The van der Waals surface area contributed by atoms with E-state index >= 15 is 0 Å². The first-order valence-corrected chi connectivity index (χ1v) is 6.12. The van der Waals surface area contributed by atoms with Gasteiger partial charge in [0.1, 0.15) is 0 Å². The lowest BCUT2D eigenvalue weighted by Gasteiger charge is -2.21. The van der Waals surface area contributed by atoms with Gasteiger partial charge in [-0.05, 0) is 0 Å². The SMILES string of the molecule is Cn1c(=O)n2n(c1=O)C(P(=O)(O)O)C=CC2. The fourth-order valence-corrected chi connectivity index (χ4v) is 2.50. The smallest absolute Gasteiger partial charge is 0.323 e. The molecule has 1 aromatic heterocycles. The van der Waals surface area contributed by atoms with Gasteiger partial charge in [0.15, 0.2) is 5.78 Å². The largest absolute Gasteiger partial charge is 0.353 e. The third-order valence-electron chi connectivity index (χ3n) is 2.43. The highest BCUT2D eigenvalue weighted by molar-refractivity contribution is 7.52. The van der Waals surface area contributed by atoms with E-state index in [-0.39, 0.29) is 6.54 Å². The molecule has 1 aromatic rings. The van der Waals surface area contributed by atoms with Crippen LogP contribution in [0.25, 0.3) is 0 Å². The van der Waals surface area contributed by atoms with Gasteiger partial charge in [-0.2, -0.15) is 0 Å². The van der Waals surface area contributed by atoms with Crippen molar-refractivity contribution in [1.29, 1.82) is 0 Å². The zero-order chi connectivity index (χ0) is 12.1. The van der Waals surface area contributed by atoms with E-state index in [4.69, 9.17) is 9.79 Å². The Balaban J connectivity index is 2.78. The Morgan fingerprint density at radius 1 is 1.38 bits per heavy atom. The zero-order valence-electron chi connectivity index (χ0n) is 8.35. The zero-order valence-corrected chi connectivity index (χ0v) is 9.24. The van der Waals surface area contributed by atoms with Crippen molar-refractivity contribution in [2.75, 3.05) is 0 Å². The van der Waals surface area contributed by atoms with E-state index in [1.54, 1.807) is 0 Å². The average Bonchev–Trinajstić information content (AvgIpc) is 2.43. The summed E-state index contributed by atoms with van der Waals surface area (Å²) in [5.74, 6) is -1.40. The number of hydrogen-bond donors (Lipinski definition) is 2. The van der Waals surface area contributed by atoms with Crippen molar-refractivity contribution >= 4 is 7.60 Å². The number of hydrogen-bond acceptors (Lipinski definition) is 3. The van der Waals surface area contributed by atoms with Crippen LogP contribution in [-0.2, 0) is 18.2 Å². The van der Waals surface area contributed by atoms with Crippen LogP contribution in [0.3, 0.4) is 0 Å². The molecule has 0 saturated heterocycles. The van der Waals surface area contributed by atoms with Crippen molar-refractivity contribution in [1.82, 2.24) is 13.9 Å². The van der Waals surface area contributed by atoms with E-state index in [1.165, 1.54) is 19.2 Å². The van der Waals surface area contributed by atoms with E-state index in [0.29, 0.717) is 0 Å². The van der Waals surface area contributed by atoms with Gasteiger partial charge in [0.25, 0.3) is 0 Å². The number of fused-ring (bicyclic) bond motifs is 1. The summed E-state index contributed by atoms with van der Waals surface area (Å²) in [4.78, 5) is 41.3. The molecule has 0 amide bonds. The minimum Gasteiger partial charge on any atom is -0.323 e. The molecule has 1 atom stereocenters. The van der Waals surface area contributed by atoms with Crippen LogP contribution in [0.2, 0.25) is 0 Å². The molecule has 0 bridgehead atoms. The molecule has 1 aliphatic heterocycles. The molecule has 2 N–H and O–H groups in total. The lowest BCUT2D eigenvalue weighted by molar-refractivity contribution is 0.329. The van der Waals surface area contributed by atoms with Gasteiger partial charge in [-0.25, -0.2) is 23.5 Å². The van der Waals surface area contributed by atoms with Crippen LogP contribution in [0.5, 0.6) is 0 Å². The lowest BCUT2D eigenvalue weighted by Crippen LogP contribution is -2.32. The first-order valence-electron chi connectivity index (χ1n) is 4.44. The minimum absolute atomic E-state index is 0.130. The molecule has 0 radical (unpaired) electrons. The molecule has 2 heterocycles. The molecule has 8 nitrogen and oxygen atoms in total. The van der Waals surface area contributed by atoms with Gasteiger partial charge in [0.05, 0.1) is 6.54 Å². The van der Waals surface area contributed by atoms with Crippen molar-refractivity contribution in [2.24, 2.45) is 7.05 Å². The first-order chi connectivity index (χ1) is 7.34. The summed E-state index contributed by atoms with van der Waals surface area (Å²) < 4.78 is 13.8. The summed E-state index contributed by atoms with van der Waals surface area (Å²) in [6, 6.07) is 0. The van der Waals surface area contributed by atoms with E-state index in [9.17, 15) is 14.2 Å². The molecule has 0 saturated carbocycles. The highest BCUT2D eigenvalue weighted by atomic mass is 31.2. The Morgan fingerprint density at radius 2 is 2.00 bits per heavy atom. The molecule has 0 spiro atoms. The standard InChI is InChI=1S/C7H10N3O5P/c1-8-6(11)9-4-2-3-5(16(13,14)15)10(9)7(8)12/h2-3,5H,4H2,1H3,(H2,13,14,15). The predicted molar refractivity (Wildman–Crippen MR) is 54.2 cm³/mol. The molecular weight excluding hydrogens is 237 g/mol. The van der Waals surface area contributed by atoms with E-state index < -0.39 is 24.8 Å². The Hall–Kier alpha value is -1.37. The molecule has 88 valence electrons.